The second-order valence-corrected chi connectivity index (χ2v) is 4.54. The summed E-state index contributed by atoms with van der Waals surface area (Å²) in [4.78, 5) is 23.2. The molecule has 6 nitrogen and oxygen atoms in total. The van der Waals surface area contributed by atoms with Gasteiger partial charge in [0.1, 0.15) is 0 Å². The predicted molar refractivity (Wildman–Crippen MR) is 71.6 cm³/mol. The van der Waals surface area contributed by atoms with Crippen LogP contribution in [0.3, 0.4) is 0 Å². The normalized spacial score (nSPS) is 11.1. The second-order valence-electron chi connectivity index (χ2n) is 4.54. The van der Waals surface area contributed by atoms with Gasteiger partial charge in [-0.1, -0.05) is 11.2 Å². The predicted octanol–water partition coefficient (Wildman–Crippen LogP) is 2.80. The van der Waals surface area contributed by atoms with Crippen LogP contribution in [0.4, 0.5) is 19.1 Å². The summed E-state index contributed by atoms with van der Waals surface area (Å²) in [6, 6.07) is 5.17. The molecule has 1 heterocycles. The topological polar surface area (TPSA) is 81.4 Å². The van der Waals surface area contributed by atoms with Gasteiger partial charge in [-0.25, -0.2) is 4.79 Å². The summed E-state index contributed by atoms with van der Waals surface area (Å²) >= 11 is 0. The summed E-state index contributed by atoms with van der Waals surface area (Å²) in [5.41, 5.74) is -0.738. The van der Waals surface area contributed by atoms with E-state index in [2.05, 4.69) is 15.2 Å². The second kappa shape index (κ2) is 6.51. The number of carbonyl (C=O) groups is 2. The summed E-state index contributed by atoms with van der Waals surface area (Å²) in [7, 11) is 0. The molecule has 0 radical (unpaired) electrons. The highest BCUT2D eigenvalue weighted by Crippen LogP contribution is 2.29. The number of alkyl halides is 3. The third-order valence-electron chi connectivity index (χ3n) is 2.65. The number of nitrogens with one attached hydrogen (secondary N) is 1. The zero-order chi connectivity index (χ0) is 17.0. The minimum atomic E-state index is -4.57. The lowest BCUT2D eigenvalue weighted by atomic mass is 10.1. The van der Waals surface area contributed by atoms with Gasteiger partial charge in [-0.3, -0.25) is 10.1 Å². The molecule has 0 atom stereocenters. The molecule has 0 aliphatic heterocycles. The van der Waals surface area contributed by atoms with Crippen molar-refractivity contribution >= 4 is 17.8 Å². The van der Waals surface area contributed by atoms with Gasteiger partial charge in [-0.15, -0.1) is 0 Å². The van der Waals surface area contributed by atoms with Gasteiger partial charge >= 0.3 is 12.1 Å². The van der Waals surface area contributed by atoms with Crippen molar-refractivity contribution in [2.75, 3.05) is 11.9 Å². The Morgan fingerprint density at radius 2 is 2.04 bits per heavy atom. The zero-order valence-corrected chi connectivity index (χ0v) is 11.8. The van der Waals surface area contributed by atoms with E-state index in [1.165, 1.54) is 6.07 Å². The fourth-order valence-electron chi connectivity index (χ4n) is 1.63. The molecule has 0 aliphatic carbocycles. The van der Waals surface area contributed by atoms with Crippen LogP contribution in [-0.4, -0.2) is 23.6 Å². The van der Waals surface area contributed by atoms with Crippen LogP contribution in [0.15, 0.2) is 34.9 Å². The van der Waals surface area contributed by atoms with Crippen LogP contribution in [-0.2, 0) is 15.7 Å². The smallest absolute Gasteiger partial charge is 0.416 e. The fraction of sp³-hybridized carbons (Fsp3) is 0.214. The molecule has 2 aromatic rings. The molecule has 23 heavy (non-hydrogen) atoms. The van der Waals surface area contributed by atoms with E-state index in [1.54, 1.807) is 6.92 Å². The van der Waals surface area contributed by atoms with E-state index in [1.807, 2.05) is 0 Å². The Bertz CT molecular complexity index is 725. The molecule has 0 fully saturated rings. The summed E-state index contributed by atoms with van der Waals surface area (Å²) in [5, 5.41) is 5.82. The van der Waals surface area contributed by atoms with Crippen LogP contribution < -0.4 is 5.32 Å². The standard InChI is InChI=1S/C14H11F3N2O4/c1-8-5-12(23-19-8)18-11(20)7-22-13(21)9-3-2-4-10(6-9)14(15,16)17/h2-6H,7H2,1H3,(H,18,20). The van der Waals surface area contributed by atoms with Crippen LogP contribution in [0.1, 0.15) is 21.6 Å². The Kier molecular flexibility index (Phi) is 4.68. The van der Waals surface area contributed by atoms with Gasteiger partial charge in [0.15, 0.2) is 6.61 Å². The van der Waals surface area contributed by atoms with Gasteiger partial charge in [0.25, 0.3) is 5.91 Å². The van der Waals surface area contributed by atoms with Gasteiger partial charge in [0.2, 0.25) is 5.88 Å². The highest BCUT2D eigenvalue weighted by atomic mass is 19.4. The van der Waals surface area contributed by atoms with Crippen LogP contribution >= 0.6 is 0 Å². The van der Waals surface area contributed by atoms with E-state index < -0.39 is 30.2 Å². The molecule has 0 unspecified atom stereocenters. The third-order valence-corrected chi connectivity index (χ3v) is 2.65. The summed E-state index contributed by atoms with van der Waals surface area (Å²) < 4.78 is 47.1. The van der Waals surface area contributed by atoms with E-state index >= 15 is 0 Å². The molecule has 1 aromatic heterocycles. The number of carbonyl (C=O) groups excluding carboxylic acids is 2. The molecular weight excluding hydrogens is 317 g/mol. The third kappa shape index (κ3) is 4.56. The van der Waals surface area contributed by atoms with Crippen molar-refractivity contribution < 1.29 is 32.0 Å². The minimum absolute atomic E-state index is 0.0719. The van der Waals surface area contributed by atoms with Gasteiger partial charge in [0.05, 0.1) is 16.8 Å². The molecule has 1 aromatic carbocycles. The van der Waals surface area contributed by atoms with Gasteiger partial charge < -0.3 is 9.26 Å². The number of anilines is 1. The van der Waals surface area contributed by atoms with E-state index in [0.717, 1.165) is 18.2 Å². The van der Waals surface area contributed by atoms with Gasteiger partial charge in [-0.05, 0) is 25.1 Å². The number of esters is 1. The number of rotatable bonds is 4. The van der Waals surface area contributed by atoms with Crippen LogP contribution in [0, 0.1) is 6.92 Å². The van der Waals surface area contributed by atoms with E-state index in [4.69, 9.17) is 4.52 Å². The molecule has 0 aliphatic rings. The Hall–Kier alpha value is -2.84. The largest absolute Gasteiger partial charge is 0.452 e. The van der Waals surface area contributed by atoms with Gasteiger partial charge in [0, 0.05) is 6.07 Å². The lowest BCUT2D eigenvalue weighted by Crippen LogP contribution is -2.21. The van der Waals surface area contributed by atoms with Crippen LogP contribution in [0.25, 0.3) is 0 Å². The Morgan fingerprint density at radius 3 is 2.65 bits per heavy atom. The van der Waals surface area contributed by atoms with Crippen LogP contribution in [0.2, 0.25) is 0 Å². The maximum absolute atomic E-state index is 12.6. The number of aromatic nitrogens is 1. The first kappa shape index (κ1) is 16.5. The maximum atomic E-state index is 12.6. The van der Waals surface area contributed by atoms with Crippen molar-refractivity contribution in [1.29, 1.82) is 0 Å². The average Bonchev–Trinajstić information content (AvgIpc) is 2.89. The van der Waals surface area contributed by atoms with E-state index in [0.29, 0.717) is 11.8 Å². The van der Waals surface area contributed by atoms with Crippen molar-refractivity contribution in [1.82, 2.24) is 5.16 Å². The Labute approximate surface area is 128 Å². The SMILES string of the molecule is Cc1cc(NC(=O)COC(=O)c2cccc(C(F)(F)F)c2)on1. The molecule has 1 amide bonds. The first-order valence-corrected chi connectivity index (χ1v) is 6.33. The number of ether oxygens (including phenoxy) is 1. The average molecular weight is 328 g/mol. The monoisotopic (exact) mass is 328 g/mol. The number of hydrogen-bond acceptors (Lipinski definition) is 5. The van der Waals surface area contributed by atoms with E-state index in [-0.39, 0.29) is 11.4 Å². The van der Waals surface area contributed by atoms with Gasteiger partial charge in [-0.2, -0.15) is 13.2 Å². The highest BCUT2D eigenvalue weighted by Gasteiger charge is 2.31. The van der Waals surface area contributed by atoms with Crippen molar-refractivity contribution in [3.8, 4) is 0 Å². The number of hydrogen-bond donors (Lipinski definition) is 1. The molecular formula is C14H11F3N2O4. The zero-order valence-electron chi connectivity index (χ0n) is 11.8. The molecule has 122 valence electrons. The van der Waals surface area contributed by atoms with Crippen molar-refractivity contribution in [2.24, 2.45) is 0 Å². The molecule has 0 spiro atoms. The summed E-state index contributed by atoms with van der Waals surface area (Å²) in [6.07, 6.45) is -4.57. The summed E-state index contributed by atoms with van der Waals surface area (Å²) in [5.74, 6) is -1.68. The molecule has 0 saturated carbocycles. The molecule has 0 saturated heterocycles. The van der Waals surface area contributed by atoms with E-state index in [9.17, 15) is 22.8 Å². The fourth-order valence-corrected chi connectivity index (χ4v) is 1.63. The Balaban J connectivity index is 1.93. The lowest BCUT2D eigenvalue weighted by molar-refractivity contribution is -0.137. The first-order chi connectivity index (χ1) is 10.8. The molecule has 1 N–H and O–H groups in total. The number of benzene rings is 1. The quantitative estimate of drug-likeness (QED) is 0.873. The molecule has 2 rings (SSSR count). The summed E-state index contributed by atoms with van der Waals surface area (Å²) in [6.45, 7) is 0.974. The van der Waals surface area contributed by atoms with Crippen molar-refractivity contribution in [3.63, 3.8) is 0 Å². The van der Waals surface area contributed by atoms with Crippen LogP contribution in [0.5, 0.6) is 0 Å². The highest BCUT2D eigenvalue weighted by molar-refractivity contribution is 5.94. The molecule has 9 heteroatoms. The van der Waals surface area contributed by atoms with Crippen molar-refractivity contribution in [3.05, 3.63) is 47.2 Å². The lowest BCUT2D eigenvalue weighted by Gasteiger charge is -2.08. The number of halogens is 3. The first-order valence-electron chi connectivity index (χ1n) is 6.33. The van der Waals surface area contributed by atoms with Crippen molar-refractivity contribution in [2.45, 2.75) is 13.1 Å². The number of nitrogens with zero attached hydrogens (tertiary/aromatic N) is 1. The molecule has 0 bridgehead atoms. The Morgan fingerprint density at radius 1 is 1.30 bits per heavy atom. The number of amides is 1. The minimum Gasteiger partial charge on any atom is -0.452 e. The number of aryl methyl sites for hydroxylation is 1. The maximum Gasteiger partial charge on any atom is 0.416 e.